The standard InChI is InChI=1S/C18H20N2O/c1-2-13-4-5-15(8-14(13)3-1)16-9-18(11-19-10-16)21-12-17-6-7-20-17/h4-5,8-11,17,20H,1-3,6-7,12H2. The molecule has 4 rings (SSSR count). The Labute approximate surface area is 125 Å². The molecule has 1 aliphatic carbocycles. The molecule has 3 heteroatoms. The van der Waals surface area contributed by atoms with E-state index in [-0.39, 0.29) is 0 Å². The Kier molecular flexibility index (Phi) is 3.36. The Bertz CT molecular complexity index is 649. The molecule has 3 nitrogen and oxygen atoms in total. The number of ether oxygens (including phenoxy) is 1. The first-order chi connectivity index (χ1) is 10.4. The fraction of sp³-hybridized carbons (Fsp3) is 0.389. The van der Waals surface area contributed by atoms with Crippen molar-refractivity contribution >= 4 is 0 Å². The summed E-state index contributed by atoms with van der Waals surface area (Å²) in [6, 6.07) is 9.40. The van der Waals surface area contributed by atoms with Crippen LogP contribution < -0.4 is 10.1 Å². The number of benzene rings is 1. The number of rotatable bonds is 4. The molecule has 1 aliphatic heterocycles. The van der Waals surface area contributed by atoms with Crippen molar-refractivity contribution in [2.75, 3.05) is 13.2 Å². The van der Waals surface area contributed by atoms with Crippen LogP contribution in [0.5, 0.6) is 5.75 Å². The molecule has 0 spiro atoms. The van der Waals surface area contributed by atoms with Gasteiger partial charge in [-0.1, -0.05) is 18.2 Å². The lowest BCUT2D eigenvalue weighted by atomic mass is 10.0. The molecular formula is C18H20N2O. The van der Waals surface area contributed by atoms with E-state index in [1.54, 1.807) is 6.20 Å². The molecule has 1 N–H and O–H groups in total. The average molecular weight is 280 g/mol. The number of hydrogen-bond acceptors (Lipinski definition) is 3. The van der Waals surface area contributed by atoms with Crippen LogP contribution in [-0.2, 0) is 12.8 Å². The van der Waals surface area contributed by atoms with Crippen LogP contribution in [-0.4, -0.2) is 24.2 Å². The van der Waals surface area contributed by atoms with Crippen molar-refractivity contribution in [1.29, 1.82) is 0 Å². The highest BCUT2D eigenvalue weighted by Gasteiger charge is 2.17. The quantitative estimate of drug-likeness (QED) is 0.935. The number of nitrogens with one attached hydrogen (secondary N) is 1. The van der Waals surface area contributed by atoms with Gasteiger partial charge in [0.05, 0.1) is 6.20 Å². The summed E-state index contributed by atoms with van der Waals surface area (Å²) in [5.74, 6) is 0.863. The minimum absolute atomic E-state index is 0.508. The minimum atomic E-state index is 0.508. The maximum Gasteiger partial charge on any atom is 0.138 e. The second-order valence-electron chi connectivity index (χ2n) is 6.00. The zero-order valence-electron chi connectivity index (χ0n) is 12.1. The van der Waals surface area contributed by atoms with Gasteiger partial charge >= 0.3 is 0 Å². The molecule has 1 saturated heterocycles. The summed E-state index contributed by atoms with van der Waals surface area (Å²) in [6.07, 6.45) is 8.65. The molecular weight excluding hydrogens is 260 g/mol. The Morgan fingerprint density at radius 3 is 2.86 bits per heavy atom. The SMILES string of the molecule is c1ncc(-c2ccc3c(c2)CCC3)cc1OCC1CCN1. The van der Waals surface area contributed by atoms with Crippen LogP contribution in [0.4, 0.5) is 0 Å². The van der Waals surface area contributed by atoms with Gasteiger partial charge in [0.2, 0.25) is 0 Å². The maximum absolute atomic E-state index is 5.84. The van der Waals surface area contributed by atoms with E-state index in [0.717, 1.165) is 24.5 Å². The predicted molar refractivity (Wildman–Crippen MR) is 83.6 cm³/mol. The molecule has 0 saturated carbocycles. The first-order valence-electron chi connectivity index (χ1n) is 7.82. The first kappa shape index (κ1) is 12.8. The van der Waals surface area contributed by atoms with Gasteiger partial charge in [-0.15, -0.1) is 0 Å². The summed E-state index contributed by atoms with van der Waals surface area (Å²) < 4.78 is 5.84. The van der Waals surface area contributed by atoms with Gasteiger partial charge in [-0.2, -0.15) is 0 Å². The van der Waals surface area contributed by atoms with Gasteiger partial charge in [-0.25, -0.2) is 0 Å². The van der Waals surface area contributed by atoms with E-state index in [1.165, 1.54) is 42.4 Å². The van der Waals surface area contributed by atoms with E-state index in [2.05, 4.69) is 34.6 Å². The van der Waals surface area contributed by atoms with Crippen molar-refractivity contribution in [2.45, 2.75) is 31.7 Å². The van der Waals surface area contributed by atoms with Crippen molar-refractivity contribution in [3.05, 3.63) is 47.8 Å². The monoisotopic (exact) mass is 280 g/mol. The van der Waals surface area contributed by atoms with Gasteiger partial charge in [0, 0.05) is 17.8 Å². The van der Waals surface area contributed by atoms with Gasteiger partial charge in [-0.3, -0.25) is 4.98 Å². The zero-order chi connectivity index (χ0) is 14.1. The molecule has 1 atom stereocenters. The minimum Gasteiger partial charge on any atom is -0.490 e. The van der Waals surface area contributed by atoms with Crippen molar-refractivity contribution in [3.8, 4) is 16.9 Å². The molecule has 0 radical (unpaired) electrons. The third-order valence-corrected chi connectivity index (χ3v) is 4.52. The fourth-order valence-electron chi connectivity index (χ4n) is 3.09. The highest BCUT2D eigenvalue weighted by molar-refractivity contribution is 5.65. The molecule has 1 fully saturated rings. The lowest BCUT2D eigenvalue weighted by Crippen LogP contribution is -2.46. The Balaban J connectivity index is 1.54. The molecule has 108 valence electrons. The van der Waals surface area contributed by atoms with Crippen LogP contribution in [0.3, 0.4) is 0 Å². The fourth-order valence-corrected chi connectivity index (χ4v) is 3.09. The number of pyridine rings is 1. The summed E-state index contributed by atoms with van der Waals surface area (Å²) in [6.45, 7) is 1.84. The van der Waals surface area contributed by atoms with E-state index in [1.807, 2.05) is 6.20 Å². The van der Waals surface area contributed by atoms with Gasteiger partial charge in [0.1, 0.15) is 12.4 Å². The van der Waals surface area contributed by atoms with Crippen molar-refractivity contribution in [2.24, 2.45) is 0 Å². The molecule has 21 heavy (non-hydrogen) atoms. The Morgan fingerprint density at radius 2 is 2.00 bits per heavy atom. The lowest BCUT2D eigenvalue weighted by molar-refractivity contribution is 0.217. The lowest BCUT2D eigenvalue weighted by Gasteiger charge is -2.27. The Hall–Kier alpha value is -1.87. The highest BCUT2D eigenvalue weighted by atomic mass is 16.5. The summed E-state index contributed by atoms with van der Waals surface area (Å²) in [5.41, 5.74) is 5.40. The zero-order valence-corrected chi connectivity index (χ0v) is 12.1. The van der Waals surface area contributed by atoms with Crippen LogP contribution in [0.15, 0.2) is 36.7 Å². The predicted octanol–water partition coefficient (Wildman–Crippen LogP) is 2.98. The molecule has 2 aliphatic rings. The number of aryl methyl sites for hydroxylation is 2. The summed E-state index contributed by atoms with van der Waals surface area (Å²) in [7, 11) is 0. The van der Waals surface area contributed by atoms with E-state index in [9.17, 15) is 0 Å². The summed E-state index contributed by atoms with van der Waals surface area (Å²) >= 11 is 0. The molecule has 1 aromatic carbocycles. The normalized spacial score (nSPS) is 19.9. The number of aromatic nitrogens is 1. The van der Waals surface area contributed by atoms with E-state index < -0.39 is 0 Å². The number of hydrogen-bond donors (Lipinski definition) is 1. The molecule has 0 amide bonds. The molecule has 1 unspecified atom stereocenters. The number of fused-ring (bicyclic) bond motifs is 1. The summed E-state index contributed by atoms with van der Waals surface area (Å²) in [4.78, 5) is 4.33. The molecule has 2 heterocycles. The molecule has 0 bridgehead atoms. The second kappa shape index (κ2) is 5.49. The molecule has 2 aromatic rings. The topological polar surface area (TPSA) is 34.1 Å². The van der Waals surface area contributed by atoms with E-state index in [4.69, 9.17) is 4.74 Å². The largest absolute Gasteiger partial charge is 0.490 e. The van der Waals surface area contributed by atoms with Crippen LogP contribution in [0.1, 0.15) is 24.0 Å². The van der Waals surface area contributed by atoms with Gasteiger partial charge in [0.15, 0.2) is 0 Å². The van der Waals surface area contributed by atoms with Crippen LogP contribution in [0, 0.1) is 0 Å². The van der Waals surface area contributed by atoms with Gasteiger partial charge in [0.25, 0.3) is 0 Å². The number of nitrogens with zero attached hydrogens (tertiary/aromatic N) is 1. The third-order valence-electron chi connectivity index (χ3n) is 4.52. The second-order valence-corrected chi connectivity index (χ2v) is 6.00. The highest BCUT2D eigenvalue weighted by Crippen LogP contribution is 2.29. The molecule has 1 aromatic heterocycles. The summed E-state index contributed by atoms with van der Waals surface area (Å²) in [5, 5.41) is 3.34. The van der Waals surface area contributed by atoms with E-state index in [0.29, 0.717) is 6.04 Å². The first-order valence-corrected chi connectivity index (χ1v) is 7.82. The van der Waals surface area contributed by atoms with Gasteiger partial charge in [-0.05, 0) is 55.0 Å². The van der Waals surface area contributed by atoms with Crippen molar-refractivity contribution in [1.82, 2.24) is 10.3 Å². The third kappa shape index (κ3) is 2.66. The smallest absolute Gasteiger partial charge is 0.138 e. The van der Waals surface area contributed by atoms with Crippen LogP contribution >= 0.6 is 0 Å². The van der Waals surface area contributed by atoms with Crippen LogP contribution in [0.25, 0.3) is 11.1 Å². The van der Waals surface area contributed by atoms with Crippen molar-refractivity contribution < 1.29 is 4.74 Å². The maximum atomic E-state index is 5.84. The average Bonchev–Trinajstić information content (AvgIpc) is 2.93. The van der Waals surface area contributed by atoms with Crippen molar-refractivity contribution in [3.63, 3.8) is 0 Å². The van der Waals surface area contributed by atoms with E-state index >= 15 is 0 Å². The van der Waals surface area contributed by atoms with Gasteiger partial charge < -0.3 is 10.1 Å². The Morgan fingerprint density at radius 1 is 1.10 bits per heavy atom. The van der Waals surface area contributed by atoms with Crippen LogP contribution in [0.2, 0.25) is 0 Å².